The van der Waals surface area contributed by atoms with E-state index in [-0.39, 0.29) is 12.6 Å². The summed E-state index contributed by atoms with van der Waals surface area (Å²) in [6, 6.07) is 10.9. The molecule has 0 bridgehead atoms. The first-order valence-corrected chi connectivity index (χ1v) is 4.67. The lowest BCUT2D eigenvalue weighted by Crippen LogP contribution is -2.05. The molecule has 0 unspecified atom stereocenters. The van der Waals surface area contributed by atoms with E-state index >= 15 is 0 Å². The number of hydrogen-bond acceptors (Lipinski definition) is 3. The van der Waals surface area contributed by atoms with Crippen LogP contribution in [0.3, 0.4) is 0 Å². The van der Waals surface area contributed by atoms with Crippen molar-refractivity contribution in [3.8, 4) is 11.3 Å². The van der Waals surface area contributed by atoms with Crippen LogP contribution >= 0.6 is 0 Å². The molecule has 4 heteroatoms. The van der Waals surface area contributed by atoms with Crippen molar-refractivity contribution in [1.82, 2.24) is 10.2 Å². The minimum Gasteiger partial charge on any atom is -0.476 e. The maximum absolute atomic E-state index is 10.8. The lowest BCUT2D eigenvalue weighted by Gasteiger charge is -2.02. The quantitative estimate of drug-likeness (QED) is 0.833. The number of carbonyl (C=O) groups is 1. The van der Waals surface area contributed by atoms with Gasteiger partial charge in [-0.25, -0.2) is 4.79 Å². The Morgan fingerprint density at radius 3 is 2.69 bits per heavy atom. The van der Waals surface area contributed by atoms with Gasteiger partial charge in [0.05, 0.1) is 5.69 Å². The molecule has 0 aliphatic rings. The Morgan fingerprint density at radius 1 is 1.31 bits per heavy atom. The Bertz CT molecular complexity index is 543. The summed E-state index contributed by atoms with van der Waals surface area (Å²) in [5.74, 6) is -1.15. The van der Waals surface area contributed by atoms with E-state index in [2.05, 4.69) is 10.2 Å². The molecule has 0 amide bonds. The molecule has 1 aromatic carbocycles. The maximum Gasteiger partial charge on any atom is 0.356 e. The van der Waals surface area contributed by atoms with Gasteiger partial charge < -0.3 is 5.11 Å². The highest BCUT2D eigenvalue weighted by Crippen LogP contribution is 2.17. The molecule has 0 spiro atoms. The third-order valence-corrected chi connectivity index (χ3v) is 2.14. The van der Waals surface area contributed by atoms with E-state index in [0.29, 0.717) is 11.3 Å². The van der Waals surface area contributed by atoms with Gasteiger partial charge in [-0.05, 0) is 18.5 Å². The Morgan fingerprint density at radius 2 is 2.06 bits per heavy atom. The number of carboxylic acids is 1. The molecule has 4 nitrogen and oxygen atoms in total. The second-order valence-electron chi connectivity index (χ2n) is 3.27. The topological polar surface area (TPSA) is 63.1 Å². The van der Waals surface area contributed by atoms with Crippen molar-refractivity contribution < 1.29 is 11.3 Å². The van der Waals surface area contributed by atoms with Gasteiger partial charge in [0.1, 0.15) is 0 Å². The predicted molar refractivity (Wildman–Crippen MR) is 59.2 cm³/mol. The standard InChI is InChI=1S/C12H10N2O2/c1-8-7-10(9-5-3-2-4-6-9)13-14-11(8)12(15)16/h2-7H,1H3,(H,15,16)/i1D. The molecule has 0 aliphatic heterocycles. The molecular weight excluding hydrogens is 204 g/mol. The van der Waals surface area contributed by atoms with Crippen LogP contribution in [-0.2, 0) is 0 Å². The van der Waals surface area contributed by atoms with E-state index in [1.807, 2.05) is 30.3 Å². The average molecular weight is 215 g/mol. The van der Waals surface area contributed by atoms with Crippen molar-refractivity contribution in [3.63, 3.8) is 0 Å². The SMILES string of the molecule is [2H]Cc1cc(-c2ccccc2)nnc1C(=O)O. The zero-order chi connectivity index (χ0) is 12.3. The molecule has 80 valence electrons. The molecule has 2 rings (SSSR count). The number of nitrogens with zero attached hydrogens (tertiary/aromatic N) is 2. The minimum atomic E-state index is -1.15. The van der Waals surface area contributed by atoms with Gasteiger partial charge >= 0.3 is 5.97 Å². The smallest absolute Gasteiger partial charge is 0.356 e. The van der Waals surface area contributed by atoms with E-state index in [4.69, 9.17) is 6.48 Å². The summed E-state index contributed by atoms with van der Waals surface area (Å²) in [6.07, 6.45) is 0. The lowest BCUT2D eigenvalue weighted by molar-refractivity contribution is 0.0688. The maximum atomic E-state index is 10.8. The van der Waals surface area contributed by atoms with Gasteiger partial charge in [-0.3, -0.25) is 0 Å². The summed E-state index contributed by atoms with van der Waals surface area (Å²) in [5, 5.41) is 16.4. The molecule has 0 atom stereocenters. The third-order valence-electron chi connectivity index (χ3n) is 2.14. The van der Waals surface area contributed by atoms with E-state index in [0.717, 1.165) is 5.56 Å². The van der Waals surface area contributed by atoms with Crippen molar-refractivity contribution in [3.05, 3.63) is 47.7 Å². The van der Waals surface area contributed by atoms with Crippen LogP contribution in [0.15, 0.2) is 36.4 Å². The van der Waals surface area contributed by atoms with Gasteiger partial charge in [-0.15, -0.1) is 10.2 Å². The van der Waals surface area contributed by atoms with Crippen molar-refractivity contribution in [2.75, 3.05) is 0 Å². The fraction of sp³-hybridized carbons (Fsp3) is 0.0833. The molecule has 0 radical (unpaired) electrons. The highest BCUT2D eigenvalue weighted by atomic mass is 16.4. The first-order valence-electron chi connectivity index (χ1n) is 5.37. The van der Waals surface area contributed by atoms with Gasteiger partial charge in [0.15, 0.2) is 5.69 Å². The lowest BCUT2D eigenvalue weighted by atomic mass is 10.1. The molecule has 1 aromatic heterocycles. The van der Waals surface area contributed by atoms with E-state index in [1.165, 1.54) is 0 Å². The van der Waals surface area contributed by atoms with Gasteiger partial charge in [-0.2, -0.15) is 0 Å². The van der Waals surface area contributed by atoms with Crippen LogP contribution in [0.2, 0.25) is 0 Å². The molecule has 0 aliphatic carbocycles. The molecule has 1 heterocycles. The Balaban J connectivity index is 2.49. The Hall–Kier alpha value is -2.23. The number of carboxylic acid groups (broad SMARTS) is 1. The first-order chi connectivity index (χ1) is 8.22. The van der Waals surface area contributed by atoms with Crippen molar-refractivity contribution in [1.29, 1.82) is 0 Å². The second-order valence-corrected chi connectivity index (χ2v) is 3.27. The highest BCUT2D eigenvalue weighted by Gasteiger charge is 2.10. The van der Waals surface area contributed by atoms with Crippen LogP contribution < -0.4 is 0 Å². The van der Waals surface area contributed by atoms with Crippen LogP contribution in [0.25, 0.3) is 11.3 Å². The predicted octanol–water partition coefficient (Wildman–Crippen LogP) is 2.15. The third kappa shape index (κ3) is 1.91. The molecule has 0 fully saturated rings. The molecule has 1 N–H and O–H groups in total. The zero-order valence-corrected chi connectivity index (χ0v) is 8.42. The average Bonchev–Trinajstić information content (AvgIpc) is 2.39. The fourth-order valence-corrected chi connectivity index (χ4v) is 1.36. The molecular formula is C12H10N2O2. The number of hydrogen-bond donors (Lipinski definition) is 1. The summed E-state index contributed by atoms with van der Waals surface area (Å²) in [5.41, 5.74) is 1.65. The molecule has 16 heavy (non-hydrogen) atoms. The van der Waals surface area contributed by atoms with Crippen LogP contribution in [-0.4, -0.2) is 21.3 Å². The van der Waals surface area contributed by atoms with E-state index in [9.17, 15) is 4.79 Å². The molecule has 2 aromatic rings. The summed E-state index contributed by atoms with van der Waals surface area (Å²) in [6.45, 7) is -0.128. The Kier molecular flexibility index (Phi) is 2.31. The highest BCUT2D eigenvalue weighted by molar-refractivity contribution is 5.87. The van der Waals surface area contributed by atoms with Crippen molar-refractivity contribution in [2.24, 2.45) is 0 Å². The van der Waals surface area contributed by atoms with Gasteiger partial charge in [0.2, 0.25) is 0 Å². The zero-order valence-electron chi connectivity index (χ0n) is 9.42. The normalized spacial score (nSPS) is 10.9. The van der Waals surface area contributed by atoms with Crippen LogP contribution in [0.1, 0.15) is 17.4 Å². The number of aromatic carboxylic acids is 1. The summed E-state index contributed by atoms with van der Waals surface area (Å²) in [7, 11) is 0. The van der Waals surface area contributed by atoms with Crippen LogP contribution in [0, 0.1) is 6.90 Å². The largest absolute Gasteiger partial charge is 0.476 e. The number of benzene rings is 1. The minimum absolute atomic E-state index is 0.128. The number of aryl methyl sites for hydroxylation is 1. The van der Waals surface area contributed by atoms with Gasteiger partial charge in [0, 0.05) is 6.93 Å². The van der Waals surface area contributed by atoms with Crippen molar-refractivity contribution in [2.45, 2.75) is 6.90 Å². The first kappa shape index (κ1) is 9.03. The fourth-order valence-electron chi connectivity index (χ4n) is 1.36. The van der Waals surface area contributed by atoms with Crippen molar-refractivity contribution >= 4 is 5.97 Å². The summed E-state index contributed by atoms with van der Waals surface area (Å²) < 4.78 is 7.31. The molecule has 0 saturated heterocycles. The summed E-state index contributed by atoms with van der Waals surface area (Å²) >= 11 is 0. The number of aromatic nitrogens is 2. The number of rotatable bonds is 2. The summed E-state index contributed by atoms with van der Waals surface area (Å²) in [4.78, 5) is 10.8. The van der Waals surface area contributed by atoms with Gasteiger partial charge in [-0.1, -0.05) is 30.3 Å². The monoisotopic (exact) mass is 215 g/mol. The van der Waals surface area contributed by atoms with E-state index in [1.54, 1.807) is 6.07 Å². The second kappa shape index (κ2) is 4.10. The van der Waals surface area contributed by atoms with Crippen LogP contribution in [0.4, 0.5) is 0 Å². The van der Waals surface area contributed by atoms with Crippen LogP contribution in [0.5, 0.6) is 0 Å². The van der Waals surface area contributed by atoms with Gasteiger partial charge in [0.25, 0.3) is 0 Å². The molecule has 0 saturated carbocycles. The van der Waals surface area contributed by atoms with E-state index < -0.39 is 5.97 Å². The Labute approximate surface area is 94.0 Å².